The summed E-state index contributed by atoms with van der Waals surface area (Å²) in [5.74, 6) is -0.314. The molecule has 1 aromatic carbocycles. The number of ether oxygens (including phenoxy) is 1. The Kier molecular flexibility index (Phi) is 5.77. The zero-order valence-corrected chi connectivity index (χ0v) is 10.9. The average Bonchev–Trinajstić information content (AvgIpc) is 2.38. The lowest BCUT2D eigenvalue weighted by atomic mass is 10.1. The van der Waals surface area contributed by atoms with Crippen molar-refractivity contribution in [1.82, 2.24) is 0 Å². The predicted molar refractivity (Wildman–Crippen MR) is 75.3 cm³/mol. The minimum atomic E-state index is -0.314. The first-order valence-electron chi connectivity index (χ1n) is 6.09. The van der Waals surface area contributed by atoms with Crippen molar-refractivity contribution in [3.63, 3.8) is 0 Å². The van der Waals surface area contributed by atoms with Crippen LogP contribution in [0, 0.1) is 0 Å². The normalized spacial score (nSPS) is 10.6. The molecule has 3 N–H and O–H groups in total. The Morgan fingerprint density at radius 3 is 2.94 bits per heavy atom. The van der Waals surface area contributed by atoms with Crippen LogP contribution in [0.25, 0.3) is 6.08 Å². The van der Waals surface area contributed by atoms with E-state index in [1.165, 1.54) is 6.08 Å². The van der Waals surface area contributed by atoms with Gasteiger partial charge in [0.05, 0.1) is 18.0 Å². The molecule has 0 atom stereocenters. The Morgan fingerprint density at radius 2 is 2.28 bits per heavy atom. The quantitative estimate of drug-likeness (QED) is 0.351. The first-order chi connectivity index (χ1) is 8.67. The number of benzene rings is 1. The molecule has 0 aromatic heterocycles. The zero-order valence-electron chi connectivity index (χ0n) is 10.9. The van der Waals surface area contributed by atoms with Gasteiger partial charge in [-0.2, -0.15) is 0 Å². The number of hydrogen-bond acceptors (Lipinski definition) is 4. The smallest absolute Gasteiger partial charge is 0.330 e. The van der Waals surface area contributed by atoms with E-state index in [2.05, 4.69) is 12.2 Å². The third-order valence-electron chi connectivity index (χ3n) is 2.50. The van der Waals surface area contributed by atoms with E-state index in [-0.39, 0.29) is 5.97 Å². The number of rotatable bonds is 6. The second-order valence-corrected chi connectivity index (χ2v) is 3.95. The van der Waals surface area contributed by atoms with Crippen LogP contribution in [0.1, 0.15) is 25.3 Å². The minimum Gasteiger partial charge on any atom is -0.463 e. The fraction of sp³-hybridized carbons (Fsp3) is 0.357. The van der Waals surface area contributed by atoms with Gasteiger partial charge in [0.15, 0.2) is 0 Å². The largest absolute Gasteiger partial charge is 0.463 e. The third-order valence-corrected chi connectivity index (χ3v) is 2.50. The van der Waals surface area contributed by atoms with E-state index in [1.807, 2.05) is 12.1 Å². The molecular weight excluding hydrogens is 228 g/mol. The van der Waals surface area contributed by atoms with E-state index >= 15 is 0 Å². The van der Waals surface area contributed by atoms with Crippen LogP contribution in [0.15, 0.2) is 24.3 Å². The van der Waals surface area contributed by atoms with E-state index in [1.54, 1.807) is 19.2 Å². The molecule has 0 aliphatic heterocycles. The van der Waals surface area contributed by atoms with Crippen molar-refractivity contribution in [2.24, 2.45) is 0 Å². The van der Waals surface area contributed by atoms with Crippen LogP contribution in [0.4, 0.5) is 11.4 Å². The molecule has 0 fully saturated rings. The lowest BCUT2D eigenvalue weighted by Gasteiger charge is -2.05. The molecule has 0 saturated heterocycles. The number of esters is 1. The van der Waals surface area contributed by atoms with Crippen molar-refractivity contribution in [2.75, 3.05) is 24.7 Å². The van der Waals surface area contributed by atoms with Crippen molar-refractivity contribution in [2.45, 2.75) is 19.8 Å². The van der Waals surface area contributed by atoms with Crippen molar-refractivity contribution in [1.29, 1.82) is 0 Å². The van der Waals surface area contributed by atoms with Crippen LogP contribution in [-0.2, 0) is 9.53 Å². The van der Waals surface area contributed by atoms with E-state index < -0.39 is 0 Å². The molecule has 0 amide bonds. The van der Waals surface area contributed by atoms with Gasteiger partial charge in [-0.1, -0.05) is 19.4 Å². The van der Waals surface area contributed by atoms with Crippen LogP contribution in [-0.4, -0.2) is 19.6 Å². The van der Waals surface area contributed by atoms with Gasteiger partial charge in [0, 0.05) is 13.1 Å². The molecular formula is C14H20N2O2. The number of nitrogen functional groups attached to an aromatic ring is 1. The summed E-state index contributed by atoms with van der Waals surface area (Å²) < 4.78 is 5.02. The number of nitrogens with two attached hydrogens (primary N) is 1. The Hall–Kier alpha value is -1.97. The summed E-state index contributed by atoms with van der Waals surface area (Å²) in [7, 11) is 1.80. The number of carbonyl (C=O) groups is 1. The SMILES string of the molecule is CCCCOC(=O)/C=C/c1ccc(N)c(NC)c1. The number of carbonyl (C=O) groups excluding carboxylic acids is 1. The number of nitrogens with one attached hydrogen (secondary N) is 1. The number of unbranched alkanes of at least 4 members (excludes halogenated alkanes) is 1. The zero-order chi connectivity index (χ0) is 13.4. The third kappa shape index (κ3) is 4.49. The molecule has 0 heterocycles. The van der Waals surface area contributed by atoms with Gasteiger partial charge in [-0.25, -0.2) is 4.79 Å². The van der Waals surface area contributed by atoms with Gasteiger partial charge in [0.2, 0.25) is 0 Å². The lowest BCUT2D eigenvalue weighted by molar-refractivity contribution is -0.137. The highest BCUT2D eigenvalue weighted by Crippen LogP contribution is 2.19. The van der Waals surface area contributed by atoms with Gasteiger partial charge in [0.1, 0.15) is 0 Å². The van der Waals surface area contributed by atoms with E-state index in [0.717, 1.165) is 24.1 Å². The van der Waals surface area contributed by atoms with Crippen LogP contribution < -0.4 is 11.1 Å². The van der Waals surface area contributed by atoms with E-state index in [9.17, 15) is 4.79 Å². The van der Waals surface area contributed by atoms with Crippen LogP contribution in [0.2, 0.25) is 0 Å². The summed E-state index contributed by atoms with van der Waals surface area (Å²) in [5, 5.41) is 2.99. The maximum atomic E-state index is 11.4. The summed E-state index contributed by atoms with van der Waals surface area (Å²) >= 11 is 0. The van der Waals surface area contributed by atoms with Crippen LogP contribution in [0.3, 0.4) is 0 Å². The van der Waals surface area contributed by atoms with Gasteiger partial charge in [-0.3, -0.25) is 0 Å². The minimum absolute atomic E-state index is 0.314. The Bertz CT molecular complexity index is 428. The molecule has 98 valence electrons. The summed E-state index contributed by atoms with van der Waals surface area (Å²) in [4.78, 5) is 11.4. The van der Waals surface area contributed by atoms with Crippen LogP contribution >= 0.6 is 0 Å². The van der Waals surface area contributed by atoms with Gasteiger partial charge >= 0.3 is 5.97 Å². The number of hydrogen-bond donors (Lipinski definition) is 2. The molecule has 0 bridgehead atoms. The fourth-order valence-electron chi connectivity index (χ4n) is 1.42. The summed E-state index contributed by atoms with van der Waals surface area (Å²) in [5.41, 5.74) is 8.19. The van der Waals surface area contributed by atoms with Crippen LogP contribution in [0.5, 0.6) is 0 Å². The molecule has 4 heteroatoms. The van der Waals surface area contributed by atoms with Gasteiger partial charge in [0.25, 0.3) is 0 Å². The molecule has 0 unspecified atom stereocenters. The molecule has 18 heavy (non-hydrogen) atoms. The molecule has 0 saturated carbocycles. The Labute approximate surface area is 108 Å². The molecule has 0 aliphatic carbocycles. The summed E-state index contributed by atoms with van der Waals surface area (Å²) in [6, 6.07) is 5.53. The lowest BCUT2D eigenvalue weighted by Crippen LogP contribution is -2.01. The maximum absolute atomic E-state index is 11.4. The van der Waals surface area contributed by atoms with Gasteiger partial charge < -0.3 is 15.8 Å². The van der Waals surface area contributed by atoms with E-state index in [0.29, 0.717) is 12.3 Å². The molecule has 1 rings (SSSR count). The van der Waals surface area contributed by atoms with Crippen molar-refractivity contribution >= 4 is 23.4 Å². The summed E-state index contributed by atoms with van der Waals surface area (Å²) in [6.45, 7) is 2.53. The molecule has 0 aliphatic rings. The molecule has 4 nitrogen and oxygen atoms in total. The van der Waals surface area contributed by atoms with Crippen molar-refractivity contribution < 1.29 is 9.53 Å². The Balaban J connectivity index is 2.58. The topological polar surface area (TPSA) is 64.3 Å². The maximum Gasteiger partial charge on any atom is 0.330 e. The first-order valence-corrected chi connectivity index (χ1v) is 6.09. The standard InChI is InChI=1S/C14H20N2O2/c1-3-4-9-18-14(17)8-6-11-5-7-12(15)13(10-11)16-2/h5-8,10,16H,3-4,9,15H2,1-2H3/b8-6+. The van der Waals surface area contributed by atoms with Gasteiger partial charge in [-0.15, -0.1) is 0 Å². The average molecular weight is 248 g/mol. The molecule has 0 radical (unpaired) electrons. The number of anilines is 2. The summed E-state index contributed by atoms with van der Waals surface area (Å²) in [6.07, 6.45) is 5.06. The second-order valence-electron chi connectivity index (χ2n) is 3.95. The Morgan fingerprint density at radius 1 is 1.50 bits per heavy atom. The highest BCUT2D eigenvalue weighted by molar-refractivity contribution is 5.87. The van der Waals surface area contributed by atoms with Crippen molar-refractivity contribution in [3.05, 3.63) is 29.8 Å². The van der Waals surface area contributed by atoms with E-state index in [4.69, 9.17) is 10.5 Å². The molecule has 1 aromatic rings. The first kappa shape index (κ1) is 14.1. The van der Waals surface area contributed by atoms with Crippen molar-refractivity contribution in [3.8, 4) is 0 Å². The monoisotopic (exact) mass is 248 g/mol. The fourth-order valence-corrected chi connectivity index (χ4v) is 1.42. The molecule has 0 spiro atoms. The second kappa shape index (κ2) is 7.37. The highest BCUT2D eigenvalue weighted by Gasteiger charge is 1.99. The van der Waals surface area contributed by atoms with Gasteiger partial charge in [-0.05, 0) is 30.2 Å². The highest BCUT2D eigenvalue weighted by atomic mass is 16.5. The predicted octanol–water partition coefficient (Wildman–Crippen LogP) is 2.67.